The molecule has 0 bridgehead atoms. The van der Waals surface area contributed by atoms with Gasteiger partial charge < -0.3 is 15.8 Å². The zero-order chi connectivity index (χ0) is 17.7. The summed E-state index contributed by atoms with van der Waals surface area (Å²) < 4.78 is 40.5. The molecule has 0 saturated heterocycles. The van der Waals surface area contributed by atoms with E-state index in [0.717, 1.165) is 18.0 Å². The second-order valence-electron chi connectivity index (χ2n) is 5.24. The molecule has 3 N–H and O–H groups in total. The fourth-order valence-electron chi connectivity index (χ4n) is 2.14. The molecule has 1 heterocycles. The highest BCUT2D eigenvalue weighted by molar-refractivity contribution is 7.15. The number of nitrogens with zero attached hydrogens (tertiary/aromatic N) is 2. The molecule has 2 aromatic rings. The Labute approximate surface area is 142 Å². The second-order valence-corrected chi connectivity index (χ2v) is 6.35. The summed E-state index contributed by atoms with van der Waals surface area (Å²) in [5.41, 5.74) is 7.20. The monoisotopic (exact) mass is 360 g/mol. The number of benzene rings is 1. The summed E-state index contributed by atoms with van der Waals surface area (Å²) in [6.07, 6.45) is -4.70. The summed E-state index contributed by atoms with van der Waals surface area (Å²) in [7, 11) is 3.87. The Balaban J connectivity index is 2.16. The fraction of sp³-hybridized carbons (Fsp3) is 0.400. The first-order valence-electron chi connectivity index (χ1n) is 7.23. The first-order valence-corrected chi connectivity index (χ1v) is 8.04. The van der Waals surface area contributed by atoms with Crippen LogP contribution in [-0.2, 0) is 6.54 Å². The molecule has 24 heavy (non-hydrogen) atoms. The van der Waals surface area contributed by atoms with Crippen molar-refractivity contribution in [3.63, 3.8) is 0 Å². The predicted octanol–water partition coefficient (Wildman–Crippen LogP) is 2.94. The lowest BCUT2D eigenvalue weighted by Crippen LogP contribution is -2.26. The molecule has 0 unspecified atom stereocenters. The molecule has 9 heteroatoms. The van der Waals surface area contributed by atoms with E-state index in [2.05, 4.69) is 19.9 Å². The third kappa shape index (κ3) is 5.36. The lowest BCUT2D eigenvalue weighted by Gasteiger charge is -2.16. The molecule has 0 atom stereocenters. The molecule has 1 aromatic heterocycles. The number of nitrogens with two attached hydrogens (primary N) is 1. The van der Waals surface area contributed by atoms with E-state index >= 15 is 0 Å². The molecule has 2 rings (SSSR count). The smallest absolute Gasteiger partial charge is 0.406 e. The number of nitrogen functional groups attached to an aromatic ring is 1. The van der Waals surface area contributed by atoms with Gasteiger partial charge in [-0.15, -0.1) is 24.5 Å². The van der Waals surface area contributed by atoms with Crippen LogP contribution in [0.4, 0.5) is 18.3 Å². The molecule has 0 fully saturated rings. The number of rotatable bonds is 7. The summed E-state index contributed by atoms with van der Waals surface area (Å²) in [6, 6.07) is 5.64. The average molecular weight is 360 g/mol. The van der Waals surface area contributed by atoms with Crippen molar-refractivity contribution >= 4 is 16.5 Å². The van der Waals surface area contributed by atoms with Gasteiger partial charge in [-0.2, -0.15) is 0 Å². The van der Waals surface area contributed by atoms with Gasteiger partial charge in [0, 0.05) is 30.1 Å². The van der Waals surface area contributed by atoms with E-state index in [9.17, 15) is 13.2 Å². The minimum Gasteiger partial charge on any atom is -0.406 e. The van der Waals surface area contributed by atoms with Gasteiger partial charge in [0.15, 0.2) is 5.13 Å². The van der Waals surface area contributed by atoms with Gasteiger partial charge in [-0.05, 0) is 38.4 Å². The maximum Gasteiger partial charge on any atom is 0.573 e. The van der Waals surface area contributed by atoms with Gasteiger partial charge in [0.2, 0.25) is 0 Å². The van der Waals surface area contributed by atoms with Gasteiger partial charge in [0.05, 0.1) is 5.69 Å². The SMILES string of the molecule is CNCCN(C)Cc1sc(N)nc1-c1ccc(OC(F)(F)F)cc1. The number of nitrogens with one attached hydrogen (secondary N) is 1. The average Bonchev–Trinajstić information content (AvgIpc) is 2.85. The van der Waals surface area contributed by atoms with Crippen molar-refractivity contribution in [3.8, 4) is 17.0 Å². The highest BCUT2D eigenvalue weighted by Crippen LogP contribution is 2.32. The highest BCUT2D eigenvalue weighted by atomic mass is 32.1. The van der Waals surface area contributed by atoms with Crippen LogP contribution in [0.3, 0.4) is 0 Å². The topological polar surface area (TPSA) is 63.4 Å². The number of ether oxygens (including phenoxy) is 1. The number of aromatic nitrogens is 1. The minimum atomic E-state index is -4.70. The van der Waals surface area contributed by atoms with Crippen LogP contribution in [0.15, 0.2) is 24.3 Å². The Morgan fingerprint density at radius 3 is 2.54 bits per heavy atom. The van der Waals surface area contributed by atoms with E-state index in [4.69, 9.17) is 5.73 Å². The van der Waals surface area contributed by atoms with Crippen LogP contribution in [-0.4, -0.2) is 43.4 Å². The lowest BCUT2D eigenvalue weighted by molar-refractivity contribution is -0.274. The highest BCUT2D eigenvalue weighted by Gasteiger charge is 2.31. The van der Waals surface area contributed by atoms with Gasteiger partial charge in [-0.25, -0.2) is 4.98 Å². The Bertz CT molecular complexity index is 658. The number of anilines is 1. The van der Waals surface area contributed by atoms with Crippen LogP contribution in [0.25, 0.3) is 11.3 Å². The third-order valence-electron chi connectivity index (χ3n) is 3.23. The van der Waals surface area contributed by atoms with Gasteiger partial charge in [0.25, 0.3) is 0 Å². The zero-order valence-electron chi connectivity index (χ0n) is 13.4. The standard InChI is InChI=1S/C15H19F3N4OS/c1-20-7-8-22(2)9-12-13(21-14(19)24-12)10-3-5-11(6-4-10)23-15(16,17)18/h3-6,20H,7-9H2,1-2H3,(H2,19,21). The van der Waals surface area contributed by atoms with E-state index in [1.54, 1.807) is 12.1 Å². The number of hydrogen-bond donors (Lipinski definition) is 2. The second kappa shape index (κ2) is 7.82. The Kier molecular flexibility index (Phi) is 6.03. The van der Waals surface area contributed by atoms with E-state index in [-0.39, 0.29) is 5.75 Å². The Morgan fingerprint density at radius 2 is 1.96 bits per heavy atom. The molecule has 0 spiro atoms. The van der Waals surface area contributed by atoms with Crippen LogP contribution in [0.1, 0.15) is 4.88 Å². The first kappa shape index (κ1) is 18.5. The van der Waals surface area contributed by atoms with Crippen molar-refractivity contribution < 1.29 is 17.9 Å². The van der Waals surface area contributed by atoms with Gasteiger partial charge in [-0.1, -0.05) is 0 Å². The van der Waals surface area contributed by atoms with Crippen molar-refractivity contribution in [3.05, 3.63) is 29.1 Å². The van der Waals surface area contributed by atoms with Crippen LogP contribution in [0.5, 0.6) is 5.75 Å². The summed E-state index contributed by atoms with van der Waals surface area (Å²) in [5.74, 6) is -0.262. The number of alkyl halides is 3. The fourth-order valence-corrected chi connectivity index (χ4v) is 3.08. The summed E-state index contributed by atoms with van der Waals surface area (Å²) >= 11 is 1.38. The molecule has 1 aromatic carbocycles. The lowest BCUT2D eigenvalue weighted by atomic mass is 10.1. The van der Waals surface area contributed by atoms with Crippen molar-refractivity contribution in [2.24, 2.45) is 0 Å². The molecule has 0 aliphatic rings. The van der Waals surface area contributed by atoms with Crippen LogP contribution < -0.4 is 15.8 Å². The normalized spacial score (nSPS) is 11.9. The summed E-state index contributed by atoms with van der Waals surface area (Å²) in [5, 5.41) is 3.50. The predicted molar refractivity (Wildman–Crippen MR) is 88.9 cm³/mol. The molecule has 0 amide bonds. The Morgan fingerprint density at radius 1 is 1.29 bits per heavy atom. The first-order chi connectivity index (χ1) is 11.3. The Hall–Kier alpha value is -1.84. The number of hydrogen-bond acceptors (Lipinski definition) is 6. The van der Waals surface area contributed by atoms with Crippen molar-refractivity contribution in [2.75, 3.05) is 32.9 Å². The van der Waals surface area contributed by atoms with E-state index in [1.165, 1.54) is 23.5 Å². The van der Waals surface area contributed by atoms with E-state index in [1.807, 2.05) is 14.1 Å². The number of thiazole rings is 1. The molecule has 132 valence electrons. The molecular formula is C15H19F3N4OS. The van der Waals surface area contributed by atoms with Gasteiger partial charge >= 0.3 is 6.36 Å². The van der Waals surface area contributed by atoms with E-state index < -0.39 is 6.36 Å². The molecule has 0 aliphatic heterocycles. The maximum absolute atomic E-state index is 12.2. The van der Waals surface area contributed by atoms with Gasteiger partial charge in [-0.3, -0.25) is 4.90 Å². The van der Waals surface area contributed by atoms with Crippen LogP contribution in [0.2, 0.25) is 0 Å². The molecule has 0 radical (unpaired) electrons. The molecule has 5 nitrogen and oxygen atoms in total. The minimum absolute atomic E-state index is 0.262. The van der Waals surface area contributed by atoms with Crippen molar-refractivity contribution in [2.45, 2.75) is 12.9 Å². The third-order valence-corrected chi connectivity index (χ3v) is 4.10. The maximum atomic E-state index is 12.2. The van der Waals surface area contributed by atoms with Crippen LogP contribution in [0, 0.1) is 0 Å². The van der Waals surface area contributed by atoms with E-state index in [0.29, 0.717) is 22.9 Å². The molecular weight excluding hydrogens is 341 g/mol. The summed E-state index contributed by atoms with van der Waals surface area (Å²) in [6.45, 7) is 2.36. The van der Waals surface area contributed by atoms with Gasteiger partial charge in [0.1, 0.15) is 5.75 Å². The molecule has 0 aliphatic carbocycles. The zero-order valence-corrected chi connectivity index (χ0v) is 14.2. The van der Waals surface area contributed by atoms with Crippen molar-refractivity contribution in [1.29, 1.82) is 0 Å². The number of likely N-dealkylation sites (N-methyl/N-ethyl adjacent to an activating group) is 2. The van der Waals surface area contributed by atoms with Crippen LogP contribution >= 0.6 is 11.3 Å². The number of halogens is 3. The molecule has 0 saturated carbocycles. The largest absolute Gasteiger partial charge is 0.573 e. The quantitative estimate of drug-likeness (QED) is 0.795. The van der Waals surface area contributed by atoms with Crippen molar-refractivity contribution in [1.82, 2.24) is 15.2 Å². The summed E-state index contributed by atoms with van der Waals surface area (Å²) in [4.78, 5) is 7.40.